The molecule has 5 nitrogen and oxygen atoms in total. The molecule has 2 amide bonds. The lowest BCUT2D eigenvalue weighted by Gasteiger charge is -2.16. The van der Waals surface area contributed by atoms with Gasteiger partial charge in [-0.15, -0.1) is 11.3 Å². The molecule has 0 radical (unpaired) electrons. The fourth-order valence-corrected chi connectivity index (χ4v) is 3.77. The van der Waals surface area contributed by atoms with E-state index in [-0.39, 0.29) is 18.2 Å². The average Bonchev–Trinajstić information content (AvgIpc) is 3.29. The van der Waals surface area contributed by atoms with E-state index in [1.54, 1.807) is 10.3 Å². The molecule has 1 aromatic heterocycles. The molecular weight excluding hydrogens is 365 g/mol. The normalized spacial score (nSPS) is 12.7. The number of carbonyl (C=O) groups excluding carboxylic acids is 2. The van der Waals surface area contributed by atoms with E-state index in [4.69, 9.17) is 0 Å². The molecule has 136 valence electrons. The zero-order chi connectivity index (χ0) is 18.8. The third-order valence-corrected chi connectivity index (χ3v) is 5.21. The Bertz CT molecular complexity index is 1000. The molecule has 0 saturated heterocycles. The number of aromatic nitrogens is 1. The van der Waals surface area contributed by atoms with E-state index in [1.165, 1.54) is 41.2 Å². The van der Waals surface area contributed by atoms with Crippen molar-refractivity contribution in [2.24, 2.45) is 0 Å². The highest BCUT2D eigenvalue weighted by Crippen LogP contribution is 2.28. The number of anilines is 2. The molecule has 1 aliphatic rings. The molecule has 0 bridgehead atoms. The monoisotopic (exact) mass is 381 g/mol. The third kappa shape index (κ3) is 3.73. The van der Waals surface area contributed by atoms with Crippen molar-refractivity contribution in [2.45, 2.75) is 12.8 Å². The van der Waals surface area contributed by atoms with Gasteiger partial charge in [-0.2, -0.15) is 0 Å². The van der Waals surface area contributed by atoms with Gasteiger partial charge in [0.1, 0.15) is 5.82 Å². The van der Waals surface area contributed by atoms with Gasteiger partial charge < -0.3 is 4.90 Å². The van der Waals surface area contributed by atoms with Gasteiger partial charge in [0.25, 0.3) is 5.91 Å². The van der Waals surface area contributed by atoms with Gasteiger partial charge in [0.05, 0.1) is 12.1 Å². The minimum atomic E-state index is -0.398. The molecule has 4 rings (SSSR count). The molecule has 7 heteroatoms. The summed E-state index contributed by atoms with van der Waals surface area (Å²) in [4.78, 5) is 30.9. The number of fused-ring (bicyclic) bond motifs is 1. The van der Waals surface area contributed by atoms with Crippen molar-refractivity contribution < 1.29 is 14.0 Å². The summed E-state index contributed by atoms with van der Waals surface area (Å²) in [5.41, 5.74) is 3.10. The predicted octanol–water partition coefficient (Wildman–Crippen LogP) is 3.67. The van der Waals surface area contributed by atoms with Gasteiger partial charge in [-0.25, -0.2) is 9.37 Å². The quantitative estimate of drug-likeness (QED) is 0.750. The van der Waals surface area contributed by atoms with E-state index in [1.807, 2.05) is 24.3 Å². The SMILES string of the molecule is O=C(Nc1nc(CC(=O)N2CCc3ccccc32)cs1)c1ccc(F)cc1. The van der Waals surface area contributed by atoms with Crippen molar-refractivity contribution >= 4 is 34.0 Å². The largest absolute Gasteiger partial charge is 0.311 e. The number of thiazole rings is 1. The maximum Gasteiger partial charge on any atom is 0.257 e. The first kappa shape index (κ1) is 17.4. The van der Waals surface area contributed by atoms with Crippen molar-refractivity contribution in [3.8, 4) is 0 Å². The summed E-state index contributed by atoms with van der Waals surface area (Å²) in [6.45, 7) is 0.677. The first-order valence-electron chi connectivity index (χ1n) is 8.50. The highest BCUT2D eigenvalue weighted by molar-refractivity contribution is 7.14. The summed E-state index contributed by atoms with van der Waals surface area (Å²) < 4.78 is 12.9. The van der Waals surface area contributed by atoms with Gasteiger partial charge in [-0.05, 0) is 42.3 Å². The lowest BCUT2D eigenvalue weighted by atomic mass is 10.2. The van der Waals surface area contributed by atoms with E-state index in [2.05, 4.69) is 10.3 Å². The fourth-order valence-electron chi connectivity index (χ4n) is 3.06. The number of carbonyl (C=O) groups is 2. The van der Waals surface area contributed by atoms with E-state index in [9.17, 15) is 14.0 Å². The molecule has 0 fully saturated rings. The second-order valence-corrected chi connectivity index (χ2v) is 7.06. The number of hydrogen-bond donors (Lipinski definition) is 1. The van der Waals surface area contributed by atoms with E-state index >= 15 is 0 Å². The van der Waals surface area contributed by atoms with Crippen LogP contribution >= 0.6 is 11.3 Å². The summed E-state index contributed by atoms with van der Waals surface area (Å²) in [5, 5.41) is 4.85. The van der Waals surface area contributed by atoms with Gasteiger partial charge in [0.2, 0.25) is 5.91 Å². The van der Waals surface area contributed by atoms with Crippen molar-refractivity contribution in [2.75, 3.05) is 16.8 Å². The number of halogens is 1. The first-order chi connectivity index (χ1) is 13.1. The Balaban J connectivity index is 1.40. The zero-order valence-corrected chi connectivity index (χ0v) is 15.1. The van der Waals surface area contributed by atoms with Gasteiger partial charge in [-0.3, -0.25) is 14.9 Å². The lowest BCUT2D eigenvalue weighted by Crippen LogP contribution is -2.30. The second kappa shape index (κ2) is 7.28. The molecular formula is C20H16FN3O2S. The van der Waals surface area contributed by atoms with Crippen LogP contribution in [-0.4, -0.2) is 23.3 Å². The Hall–Kier alpha value is -3.06. The number of benzene rings is 2. The number of amides is 2. The number of nitrogens with zero attached hydrogens (tertiary/aromatic N) is 2. The summed E-state index contributed by atoms with van der Waals surface area (Å²) >= 11 is 1.26. The van der Waals surface area contributed by atoms with Crippen LogP contribution in [0, 0.1) is 5.82 Å². The number of para-hydroxylation sites is 1. The number of hydrogen-bond acceptors (Lipinski definition) is 4. The van der Waals surface area contributed by atoms with E-state index < -0.39 is 5.82 Å². The highest BCUT2D eigenvalue weighted by atomic mass is 32.1. The Morgan fingerprint density at radius 1 is 1.15 bits per heavy atom. The average molecular weight is 381 g/mol. The summed E-state index contributed by atoms with van der Waals surface area (Å²) in [6.07, 6.45) is 1.04. The van der Waals surface area contributed by atoms with Gasteiger partial charge in [-0.1, -0.05) is 18.2 Å². The van der Waals surface area contributed by atoms with Crippen LogP contribution in [0.25, 0.3) is 0 Å². The Morgan fingerprint density at radius 2 is 1.93 bits per heavy atom. The Kier molecular flexibility index (Phi) is 4.68. The number of rotatable bonds is 4. The van der Waals surface area contributed by atoms with Crippen LogP contribution in [-0.2, 0) is 17.6 Å². The molecule has 1 N–H and O–H groups in total. The number of nitrogens with one attached hydrogen (secondary N) is 1. The Morgan fingerprint density at radius 3 is 2.74 bits per heavy atom. The molecule has 27 heavy (non-hydrogen) atoms. The van der Waals surface area contributed by atoms with Gasteiger partial charge in [0.15, 0.2) is 5.13 Å². The topological polar surface area (TPSA) is 62.3 Å². The molecule has 0 saturated carbocycles. The molecule has 2 heterocycles. The van der Waals surface area contributed by atoms with Gasteiger partial charge in [0, 0.05) is 23.2 Å². The first-order valence-corrected chi connectivity index (χ1v) is 9.38. The van der Waals surface area contributed by atoms with Crippen LogP contribution in [0.1, 0.15) is 21.6 Å². The third-order valence-electron chi connectivity index (χ3n) is 4.40. The van der Waals surface area contributed by atoms with Gasteiger partial charge >= 0.3 is 0 Å². The highest BCUT2D eigenvalue weighted by Gasteiger charge is 2.24. The van der Waals surface area contributed by atoms with Crippen molar-refractivity contribution in [1.29, 1.82) is 0 Å². The van der Waals surface area contributed by atoms with Crippen molar-refractivity contribution in [3.05, 3.63) is 76.5 Å². The van der Waals surface area contributed by atoms with Crippen molar-refractivity contribution in [3.63, 3.8) is 0 Å². The summed E-state index contributed by atoms with van der Waals surface area (Å²) in [6, 6.07) is 13.2. The van der Waals surface area contributed by atoms with Crippen LogP contribution in [0.15, 0.2) is 53.9 Å². The molecule has 0 spiro atoms. The standard InChI is InChI=1S/C20H16FN3O2S/c21-15-7-5-14(6-8-15)19(26)23-20-22-16(12-27-20)11-18(25)24-10-9-13-3-1-2-4-17(13)24/h1-8,12H,9-11H2,(H,22,23,26). The molecule has 3 aromatic rings. The van der Waals surface area contributed by atoms with Crippen LogP contribution in [0.3, 0.4) is 0 Å². The maximum atomic E-state index is 12.9. The molecule has 0 aliphatic carbocycles. The Labute approximate surface area is 159 Å². The van der Waals surface area contributed by atoms with Crippen LogP contribution in [0.5, 0.6) is 0 Å². The molecule has 1 aliphatic heterocycles. The summed E-state index contributed by atoms with van der Waals surface area (Å²) in [5.74, 6) is -0.776. The van der Waals surface area contributed by atoms with Crippen LogP contribution < -0.4 is 10.2 Å². The predicted molar refractivity (Wildman–Crippen MR) is 103 cm³/mol. The van der Waals surface area contributed by atoms with E-state index in [0.717, 1.165) is 12.1 Å². The minimum Gasteiger partial charge on any atom is -0.311 e. The van der Waals surface area contributed by atoms with Crippen LogP contribution in [0.4, 0.5) is 15.2 Å². The minimum absolute atomic E-state index is 0.0124. The lowest BCUT2D eigenvalue weighted by molar-refractivity contribution is -0.117. The zero-order valence-electron chi connectivity index (χ0n) is 14.3. The second-order valence-electron chi connectivity index (χ2n) is 6.21. The fraction of sp³-hybridized carbons (Fsp3) is 0.150. The molecule has 2 aromatic carbocycles. The smallest absolute Gasteiger partial charge is 0.257 e. The maximum absolute atomic E-state index is 12.9. The van der Waals surface area contributed by atoms with Crippen molar-refractivity contribution in [1.82, 2.24) is 4.98 Å². The summed E-state index contributed by atoms with van der Waals surface area (Å²) in [7, 11) is 0. The van der Waals surface area contributed by atoms with Crippen LogP contribution in [0.2, 0.25) is 0 Å². The van der Waals surface area contributed by atoms with E-state index in [0.29, 0.717) is 22.9 Å². The molecule has 0 unspecified atom stereocenters. The molecule has 0 atom stereocenters.